The Kier molecular flexibility index (Phi) is 6.95. The summed E-state index contributed by atoms with van der Waals surface area (Å²) in [6.45, 7) is 6.29. The van der Waals surface area contributed by atoms with Gasteiger partial charge in [-0.25, -0.2) is 0 Å². The number of carbonyl (C=O) groups is 1. The van der Waals surface area contributed by atoms with E-state index in [4.69, 9.17) is 4.74 Å². The smallest absolute Gasteiger partial charge is 0.230 e. The van der Waals surface area contributed by atoms with Crippen LogP contribution in [0, 0.1) is 0 Å². The van der Waals surface area contributed by atoms with E-state index in [1.807, 2.05) is 57.2 Å². The summed E-state index contributed by atoms with van der Waals surface area (Å²) in [6.07, 6.45) is 0.703. The second-order valence-electron chi connectivity index (χ2n) is 7.10. The molecule has 0 heterocycles. The summed E-state index contributed by atoms with van der Waals surface area (Å²) in [4.78, 5) is 12.6. The fourth-order valence-electron chi connectivity index (χ4n) is 2.86. The van der Waals surface area contributed by atoms with Gasteiger partial charge >= 0.3 is 0 Å². The van der Waals surface area contributed by atoms with E-state index in [1.165, 1.54) is 0 Å². The van der Waals surface area contributed by atoms with Crippen LogP contribution in [0.1, 0.15) is 38.3 Å². The number of hydrogen-bond donors (Lipinski definition) is 2. The fraction of sp³-hybridized carbons (Fsp3) is 0.409. The molecule has 2 aromatic rings. The molecule has 0 aliphatic heterocycles. The second kappa shape index (κ2) is 8.97. The quantitative estimate of drug-likeness (QED) is 0.760. The fourth-order valence-corrected chi connectivity index (χ4v) is 2.86. The van der Waals surface area contributed by atoms with Crippen LogP contribution in [0.3, 0.4) is 0 Å². The number of benzene rings is 2. The minimum absolute atomic E-state index is 0.0466. The average molecular weight is 355 g/mol. The highest BCUT2D eigenvalue weighted by Gasteiger charge is 2.30. The lowest BCUT2D eigenvalue weighted by atomic mass is 9.82. The van der Waals surface area contributed by atoms with Gasteiger partial charge < -0.3 is 15.2 Å². The zero-order chi connectivity index (χ0) is 19.2. The van der Waals surface area contributed by atoms with E-state index in [1.54, 1.807) is 7.11 Å². The van der Waals surface area contributed by atoms with E-state index in [-0.39, 0.29) is 18.6 Å². The first kappa shape index (κ1) is 20.1. The van der Waals surface area contributed by atoms with Crippen molar-refractivity contribution < 1.29 is 14.6 Å². The molecule has 0 spiro atoms. The SMILES string of the molecule is CCC(CO)NC(=O)C(C)(C)c1ccc(-c2cccc(COC)c2)cc1. The van der Waals surface area contributed by atoms with Crippen molar-refractivity contribution in [2.75, 3.05) is 13.7 Å². The van der Waals surface area contributed by atoms with Gasteiger partial charge in [0.15, 0.2) is 0 Å². The van der Waals surface area contributed by atoms with Crippen LogP contribution in [0.2, 0.25) is 0 Å². The van der Waals surface area contributed by atoms with E-state index in [0.29, 0.717) is 13.0 Å². The summed E-state index contributed by atoms with van der Waals surface area (Å²) in [5.41, 5.74) is 3.63. The molecule has 0 saturated carbocycles. The van der Waals surface area contributed by atoms with Gasteiger partial charge in [0, 0.05) is 7.11 Å². The summed E-state index contributed by atoms with van der Waals surface area (Å²) in [5.74, 6) is -0.0757. The Morgan fingerprint density at radius 2 is 1.85 bits per heavy atom. The van der Waals surface area contributed by atoms with E-state index < -0.39 is 5.41 Å². The number of hydrogen-bond acceptors (Lipinski definition) is 3. The molecule has 2 N–H and O–H groups in total. The molecule has 4 heteroatoms. The van der Waals surface area contributed by atoms with Crippen LogP contribution in [0.4, 0.5) is 0 Å². The first-order chi connectivity index (χ1) is 12.4. The Labute approximate surface area is 156 Å². The highest BCUT2D eigenvalue weighted by atomic mass is 16.5. The van der Waals surface area contributed by atoms with Crippen LogP contribution in [0.5, 0.6) is 0 Å². The summed E-state index contributed by atoms with van der Waals surface area (Å²) in [5, 5.41) is 12.2. The largest absolute Gasteiger partial charge is 0.394 e. The number of nitrogens with one attached hydrogen (secondary N) is 1. The molecule has 0 saturated heterocycles. The molecule has 1 unspecified atom stereocenters. The van der Waals surface area contributed by atoms with Crippen molar-refractivity contribution in [2.45, 2.75) is 45.3 Å². The van der Waals surface area contributed by atoms with Crippen LogP contribution < -0.4 is 5.32 Å². The molecule has 0 bridgehead atoms. The molecule has 26 heavy (non-hydrogen) atoms. The molecule has 0 fully saturated rings. The maximum atomic E-state index is 12.6. The van der Waals surface area contributed by atoms with Gasteiger partial charge in [-0.2, -0.15) is 0 Å². The molecule has 0 aliphatic rings. The molecule has 0 aromatic heterocycles. The van der Waals surface area contributed by atoms with E-state index in [2.05, 4.69) is 17.4 Å². The third kappa shape index (κ3) is 4.71. The molecular formula is C22H29NO3. The van der Waals surface area contributed by atoms with Gasteiger partial charge in [0.05, 0.1) is 24.7 Å². The van der Waals surface area contributed by atoms with Crippen molar-refractivity contribution >= 4 is 5.91 Å². The van der Waals surface area contributed by atoms with Crippen molar-refractivity contribution in [3.8, 4) is 11.1 Å². The summed E-state index contributed by atoms with van der Waals surface area (Å²) >= 11 is 0. The van der Waals surface area contributed by atoms with Crippen molar-refractivity contribution in [1.29, 1.82) is 0 Å². The second-order valence-corrected chi connectivity index (χ2v) is 7.10. The lowest BCUT2D eigenvalue weighted by Crippen LogP contribution is -2.46. The predicted molar refractivity (Wildman–Crippen MR) is 105 cm³/mol. The maximum Gasteiger partial charge on any atom is 0.230 e. The molecule has 2 rings (SSSR count). The van der Waals surface area contributed by atoms with Gasteiger partial charge in [-0.1, -0.05) is 49.4 Å². The molecule has 0 radical (unpaired) electrons. The monoisotopic (exact) mass is 355 g/mol. The van der Waals surface area contributed by atoms with E-state index in [0.717, 1.165) is 22.3 Å². The third-order valence-corrected chi connectivity index (χ3v) is 4.79. The number of carbonyl (C=O) groups excluding carboxylic acids is 1. The standard InChI is InChI=1S/C22H29NO3/c1-5-20(14-24)23-21(25)22(2,3)19-11-9-17(10-12-19)18-8-6-7-16(13-18)15-26-4/h6-13,20,24H,5,14-15H2,1-4H3,(H,23,25). The summed E-state index contributed by atoms with van der Waals surface area (Å²) < 4.78 is 5.20. The van der Waals surface area contributed by atoms with Crippen molar-refractivity contribution in [2.24, 2.45) is 0 Å². The van der Waals surface area contributed by atoms with Gasteiger partial charge in [-0.3, -0.25) is 4.79 Å². The Morgan fingerprint density at radius 1 is 1.15 bits per heavy atom. The lowest BCUT2D eigenvalue weighted by Gasteiger charge is -2.27. The highest BCUT2D eigenvalue weighted by molar-refractivity contribution is 5.87. The minimum atomic E-state index is -0.668. The van der Waals surface area contributed by atoms with Crippen LogP contribution in [0.15, 0.2) is 48.5 Å². The van der Waals surface area contributed by atoms with Crippen molar-refractivity contribution in [3.05, 3.63) is 59.7 Å². The topological polar surface area (TPSA) is 58.6 Å². The molecule has 140 valence electrons. The number of aliphatic hydroxyl groups excluding tert-OH is 1. The number of rotatable bonds is 8. The number of methoxy groups -OCH3 is 1. The van der Waals surface area contributed by atoms with Crippen molar-refractivity contribution in [1.82, 2.24) is 5.32 Å². The first-order valence-electron chi connectivity index (χ1n) is 9.03. The zero-order valence-electron chi connectivity index (χ0n) is 16.1. The Balaban J connectivity index is 2.20. The van der Waals surface area contributed by atoms with Crippen LogP contribution in [0.25, 0.3) is 11.1 Å². The predicted octanol–water partition coefficient (Wildman–Crippen LogP) is 3.66. The maximum absolute atomic E-state index is 12.6. The van der Waals surface area contributed by atoms with Gasteiger partial charge in [-0.05, 0) is 48.6 Å². The third-order valence-electron chi connectivity index (χ3n) is 4.79. The van der Waals surface area contributed by atoms with Gasteiger partial charge in [0.1, 0.15) is 0 Å². The summed E-state index contributed by atoms with van der Waals surface area (Å²) in [7, 11) is 1.69. The highest BCUT2D eigenvalue weighted by Crippen LogP contribution is 2.27. The number of aliphatic hydroxyl groups is 1. The molecule has 1 atom stereocenters. The van der Waals surface area contributed by atoms with Crippen LogP contribution in [-0.2, 0) is 21.6 Å². The van der Waals surface area contributed by atoms with Gasteiger partial charge in [-0.15, -0.1) is 0 Å². The molecule has 0 aliphatic carbocycles. The number of amides is 1. The molecule has 4 nitrogen and oxygen atoms in total. The van der Waals surface area contributed by atoms with Crippen molar-refractivity contribution in [3.63, 3.8) is 0 Å². The van der Waals surface area contributed by atoms with Gasteiger partial charge in [0.25, 0.3) is 0 Å². The van der Waals surface area contributed by atoms with E-state index >= 15 is 0 Å². The summed E-state index contributed by atoms with van der Waals surface area (Å²) in [6, 6.07) is 16.1. The first-order valence-corrected chi connectivity index (χ1v) is 9.03. The lowest BCUT2D eigenvalue weighted by molar-refractivity contribution is -0.126. The Bertz CT molecular complexity index is 718. The number of ether oxygens (including phenoxy) is 1. The van der Waals surface area contributed by atoms with E-state index in [9.17, 15) is 9.90 Å². The molecular weight excluding hydrogens is 326 g/mol. The van der Waals surface area contributed by atoms with Gasteiger partial charge in [0.2, 0.25) is 5.91 Å². The molecule has 2 aromatic carbocycles. The van der Waals surface area contributed by atoms with Crippen LogP contribution >= 0.6 is 0 Å². The normalized spacial score (nSPS) is 12.7. The average Bonchev–Trinajstić information content (AvgIpc) is 2.66. The van der Waals surface area contributed by atoms with Crippen LogP contribution in [-0.4, -0.2) is 30.8 Å². The minimum Gasteiger partial charge on any atom is -0.394 e. The molecule has 1 amide bonds. The Morgan fingerprint density at radius 3 is 2.42 bits per heavy atom. The Hall–Kier alpha value is -2.17. The zero-order valence-corrected chi connectivity index (χ0v) is 16.1.